The summed E-state index contributed by atoms with van der Waals surface area (Å²) in [4.78, 5) is 4.34. The van der Waals surface area contributed by atoms with Crippen molar-refractivity contribution in [3.63, 3.8) is 0 Å². The van der Waals surface area contributed by atoms with E-state index in [0.29, 0.717) is 9.47 Å². The minimum absolute atomic E-state index is 0.378. The van der Waals surface area contributed by atoms with E-state index in [4.69, 9.17) is 0 Å². The molecule has 0 aliphatic heterocycles. The fraction of sp³-hybridized carbons (Fsp3) is 0.111. The van der Waals surface area contributed by atoms with E-state index in [1.54, 1.807) is 4.52 Å². The molecule has 3 rings (SSSR count). The monoisotopic (exact) mass is 255 g/mol. The topological polar surface area (TPSA) is 70.4 Å². The molecule has 0 amide bonds. The number of fused-ring (bicyclic) bond motifs is 3. The quantitative estimate of drug-likeness (QED) is 0.602. The van der Waals surface area contributed by atoms with Gasteiger partial charge in [0.15, 0.2) is 9.47 Å². The number of rotatable bonds is 0. The molecule has 0 bridgehead atoms. The predicted molar refractivity (Wildman–Crippen MR) is 64.9 cm³/mol. The Hall–Kier alpha value is -1.31. The molecule has 84 valence electrons. The first-order valence-electron chi connectivity index (χ1n) is 4.57. The van der Waals surface area contributed by atoms with E-state index in [0.717, 1.165) is 22.6 Å². The Morgan fingerprint density at radius 1 is 1.50 bits per heavy atom. The highest BCUT2D eigenvalue weighted by Gasteiger charge is 2.10. The number of aromatic amines is 1. The van der Waals surface area contributed by atoms with Crippen LogP contribution in [-0.2, 0) is 9.80 Å². The van der Waals surface area contributed by atoms with Gasteiger partial charge in [-0.05, 0) is 23.7 Å². The van der Waals surface area contributed by atoms with Crippen LogP contribution in [-0.4, -0.2) is 29.0 Å². The Bertz CT molecular complexity index is 825. The molecule has 3 aromatic rings. The summed E-state index contributed by atoms with van der Waals surface area (Å²) in [5, 5.41) is 0. The number of aromatic nitrogens is 3. The lowest BCUT2D eigenvalue weighted by molar-refractivity contribution is 0.563. The van der Waals surface area contributed by atoms with Gasteiger partial charge in [-0.1, -0.05) is 12.1 Å². The molecular weight excluding hydrogens is 246 g/mol. The Labute approximate surface area is 95.3 Å². The fourth-order valence-electron chi connectivity index (χ4n) is 1.63. The molecule has 0 aliphatic rings. The van der Waals surface area contributed by atoms with Gasteiger partial charge >= 0.3 is 0 Å². The average molecular weight is 255 g/mol. The fourth-order valence-corrected chi connectivity index (χ4v) is 3.43. The van der Waals surface area contributed by atoms with Crippen LogP contribution in [0.1, 0.15) is 0 Å². The molecule has 0 saturated heterocycles. The Kier molecular flexibility index (Phi) is 1.91. The van der Waals surface area contributed by atoms with Gasteiger partial charge in [-0.15, -0.1) is 0 Å². The summed E-state index contributed by atoms with van der Waals surface area (Å²) in [6.07, 6.45) is 1.30. The van der Waals surface area contributed by atoms with Gasteiger partial charge in [-0.2, -0.15) is 0 Å². The smallest absolute Gasteiger partial charge is 0.183 e. The molecule has 1 atom stereocenters. The van der Waals surface area contributed by atoms with Gasteiger partial charge < -0.3 is 4.55 Å². The molecule has 0 radical (unpaired) electrons. The normalized spacial score (nSPS) is 15.6. The van der Waals surface area contributed by atoms with Gasteiger partial charge in [0.25, 0.3) is 0 Å². The van der Waals surface area contributed by atoms with Crippen LogP contribution >= 0.6 is 11.5 Å². The predicted octanol–water partition coefficient (Wildman–Crippen LogP) is 1.80. The second kappa shape index (κ2) is 3.09. The van der Waals surface area contributed by atoms with E-state index < -0.39 is 9.80 Å². The zero-order chi connectivity index (χ0) is 11.3. The van der Waals surface area contributed by atoms with E-state index in [1.807, 2.05) is 24.3 Å². The lowest BCUT2D eigenvalue weighted by atomic mass is 10.3. The zero-order valence-corrected chi connectivity index (χ0v) is 10.0. The summed E-state index contributed by atoms with van der Waals surface area (Å²) < 4.78 is 26.3. The van der Waals surface area contributed by atoms with E-state index in [-0.39, 0.29) is 0 Å². The number of hydrogen-bond acceptors (Lipinski definition) is 3. The average Bonchev–Trinajstić information content (AvgIpc) is 2.73. The highest BCUT2D eigenvalue weighted by Crippen LogP contribution is 2.18. The van der Waals surface area contributed by atoms with Crippen molar-refractivity contribution >= 4 is 38.0 Å². The number of H-pyrrole nitrogens is 1. The molecular formula is C9H9N3O2S2. The molecule has 1 unspecified atom stereocenters. The van der Waals surface area contributed by atoms with Crippen molar-refractivity contribution in [2.24, 2.45) is 0 Å². The molecule has 1 aromatic carbocycles. The summed E-state index contributed by atoms with van der Waals surface area (Å²) in [5.41, 5.74) is 2.25. The first-order chi connectivity index (χ1) is 7.57. The number of imidazole rings is 1. The minimum Gasteiger partial charge on any atom is -0.312 e. The third-order valence-corrected chi connectivity index (χ3v) is 5.01. The molecule has 2 N–H and O–H groups in total. The third-order valence-electron chi connectivity index (χ3n) is 2.32. The van der Waals surface area contributed by atoms with Crippen molar-refractivity contribution in [2.75, 3.05) is 6.26 Å². The number of hydrogen-bond donors (Lipinski definition) is 2. The van der Waals surface area contributed by atoms with Crippen LogP contribution in [0, 0.1) is 3.82 Å². The van der Waals surface area contributed by atoms with Crippen LogP contribution in [0.4, 0.5) is 0 Å². The lowest BCUT2D eigenvalue weighted by Gasteiger charge is -1.86. The first kappa shape index (κ1) is 9.88. The van der Waals surface area contributed by atoms with E-state index >= 15 is 0 Å². The van der Waals surface area contributed by atoms with Crippen molar-refractivity contribution in [2.45, 2.75) is 0 Å². The highest BCUT2D eigenvalue weighted by molar-refractivity contribution is 7.90. The van der Waals surface area contributed by atoms with E-state index in [9.17, 15) is 8.76 Å². The van der Waals surface area contributed by atoms with Gasteiger partial charge in [-0.3, -0.25) is 0 Å². The summed E-state index contributed by atoms with van der Waals surface area (Å²) in [6, 6.07) is 7.58. The second-order valence-electron chi connectivity index (χ2n) is 3.54. The summed E-state index contributed by atoms with van der Waals surface area (Å²) >= 11 is 1.14. The number of benzene rings is 1. The van der Waals surface area contributed by atoms with Gasteiger partial charge in [0.05, 0.1) is 11.0 Å². The van der Waals surface area contributed by atoms with Crippen molar-refractivity contribution < 1.29 is 8.76 Å². The lowest BCUT2D eigenvalue weighted by Crippen LogP contribution is -1.92. The molecule has 0 saturated carbocycles. The Balaban J connectivity index is 2.69. The Morgan fingerprint density at radius 2 is 2.25 bits per heavy atom. The van der Waals surface area contributed by atoms with Crippen LogP contribution in [0.2, 0.25) is 0 Å². The Morgan fingerprint density at radius 3 is 3.00 bits per heavy atom. The van der Waals surface area contributed by atoms with E-state index in [2.05, 4.69) is 9.47 Å². The third kappa shape index (κ3) is 1.29. The zero-order valence-electron chi connectivity index (χ0n) is 8.38. The second-order valence-corrected chi connectivity index (χ2v) is 6.61. The molecule has 2 heterocycles. The molecule has 0 aliphatic carbocycles. The van der Waals surface area contributed by atoms with E-state index in [1.165, 1.54) is 6.26 Å². The summed E-state index contributed by atoms with van der Waals surface area (Å²) in [5.74, 6) is 0. The van der Waals surface area contributed by atoms with Crippen molar-refractivity contribution in [3.8, 4) is 0 Å². The van der Waals surface area contributed by atoms with Crippen molar-refractivity contribution in [3.05, 3.63) is 28.1 Å². The molecule has 2 aromatic heterocycles. The largest absolute Gasteiger partial charge is 0.312 e. The van der Waals surface area contributed by atoms with Gasteiger partial charge in [0.2, 0.25) is 0 Å². The number of para-hydroxylation sites is 2. The maximum absolute atomic E-state index is 11.6. The van der Waals surface area contributed by atoms with Crippen LogP contribution in [0.5, 0.6) is 0 Å². The SMILES string of the molecule is CS(=O)(O)=c1s[nH]n2c1nc1ccccc12. The van der Waals surface area contributed by atoms with Crippen LogP contribution in [0.25, 0.3) is 16.7 Å². The van der Waals surface area contributed by atoms with Crippen LogP contribution in [0.15, 0.2) is 24.3 Å². The van der Waals surface area contributed by atoms with Gasteiger partial charge in [-0.25, -0.2) is 18.2 Å². The summed E-state index contributed by atoms with van der Waals surface area (Å²) in [7, 11) is -2.98. The summed E-state index contributed by atoms with van der Waals surface area (Å²) in [6.45, 7) is 0. The molecule has 16 heavy (non-hydrogen) atoms. The van der Waals surface area contributed by atoms with Crippen LogP contribution < -0.4 is 0 Å². The molecule has 0 spiro atoms. The molecule has 5 nitrogen and oxygen atoms in total. The van der Waals surface area contributed by atoms with Gasteiger partial charge in [0, 0.05) is 6.26 Å². The maximum Gasteiger partial charge on any atom is 0.183 e. The minimum atomic E-state index is -2.98. The number of nitrogens with zero attached hydrogens (tertiary/aromatic N) is 2. The highest BCUT2D eigenvalue weighted by atomic mass is 32.2. The number of nitrogens with one attached hydrogen (secondary N) is 1. The first-order valence-corrected chi connectivity index (χ1v) is 7.30. The maximum atomic E-state index is 11.6. The standard InChI is InChI=1S/C9H9N3O2S2/c1-16(13,14)9-8-10-6-4-2-3-5-7(6)12(8)11-15-9/h2-5,11H,1H3,(H,13,14). The van der Waals surface area contributed by atoms with Crippen LogP contribution in [0.3, 0.4) is 0 Å². The molecule has 0 fully saturated rings. The van der Waals surface area contributed by atoms with Gasteiger partial charge in [0.1, 0.15) is 9.80 Å². The van der Waals surface area contributed by atoms with Crippen molar-refractivity contribution in [1.29, 1.82) is 0 Å². The molecule has 7 heteroatoms. The van der Waals surface area contributed by atoms with Crippen molar-refractivity contribution in [1.82, 2.24) is 14.0 Å².